The highest BCUT2D eigenvalue weighted by Crippen LogP contribution is 2.34. The molecule has 2 aromatic carbocycles. The van der Waals surface area contributed by atoms with E-state index in [1.165, 1.54) is 5.56 Å². The molecule has 0 aliphatic heterocycles. The van der Waals surface area contributed by atoms with Crippen molar-refractivity contribution in [2.24, 2.45) is 0 Å². The number of hydrogen-bond donors (Lipinski definition) is 0. The molecule has 0 saturated carbocycles. The van der Waals surface area contributed by atoms with Crippen LogP contribution in [0.2, 0.25) is 0 Å². The van der Waals surface area contributed by atoms with Crippen molar-refractivity contribution in [3.8, 4) is 11.5 Å². The minimum absolute atomic E-state index is 0.127. The van der Waals surface area contributed by atoms with E-state index in [9.17, 15) is 0 Å². The molecule has 1 heterocycles. The molecule has 1 aromatic heterocycles. The predicted octanol–water partition coefficient (Wildman–Crippen LogP) is 5.86. The molecule has 1 atom stereocenters. The van der Waals surface area contributed by atoms with Crippen LogP contribution in [0.15, 0.2) is 71.3 Å². The highest BCUT2D eigenvalue weighted by atomic mass is 79.9. The predicted molar refractivity (Wildman–Crippen MR) is 87.2 cm³/mol. The van der Waals surface area contributed by atoms with Crippen molar-refractivity contribution in [2.45, 2.75) is 11.8 Å². The number of para-hydroxylation sites is 1. The van der Waals surface area contributed by atoms with E-state index in [1.807, 2.05) is 55.5 Å². The van der Waals surface area contributed by atoms with Gasteiger partial charge >= 0.3 is 0 Å². The summed E-state index contributed by atoms with van der Waals surface area (Å²) < 4.78 is 11.1. The topological polar surface area (TPSA) is 22.4 Å². The van der Waals surface area contributed by atoms with Crippen molar-refractivity contribution in [3.63, 3.8) is 0 Å². The van der Waals surface area contributed by atoms with Gasteiger partial charge in [-0.3, -0.25) is 0 Å². The van der Waals surface area contributed by atoms with E-state index in [0.29, 0.717) is 0 Å². The van der Waals surface area contributed by atoms with Crippen LogP contribution in [0.4, 0.5) is 0 Å². The molecule has 3 heteroatoms. The zero-order valence-corrected chi connectivity index (χ0v) is 13.2. The highest BCUT2D eigenvalue weighted by Gasteiger charge is 2.14. The summed E-state index contributed by atoms with van der Waals surface area (Å²) in [7, 11) is 0. The maximum absolute atomic E-state index is 5.79. The van der Waals surface area contributed by atoms with E-state index in [-0.39, 0.29) is 4.83 Å². The molecule has 1 unspecified atom stereocenters. The molecule has 0 saturated heterocycles. The van der Waals surface area contributed by atoms with Gasteiger partial charge in [0.1, 0.15) is 17.3 Å². The van der Waals surface area contributed by atoms with Gasteiger partial charge in [0.25, 0.3) is 0 Å². The number of hydrogen-bond acceptors (Lipinski definition) is 2. The summed E-state index contributed by atoms with van der Waals surface area (Å²) in [5.41, 5.74) is 2.31. The zero-order valence-electron chi connectivity index (χ0n) is 11.6. The first-order valence-corrected chi connectivity index (χ1v) is 7.66. The van der Waals surface area contributed by atoms with Gasteiger partial charge < -0.3 is 9.15 Å². The van der Waals surface area contributed by atoms with Crippen LogP contribution < -0.4 is 4.74 Å². The Morgan fingerprint density at radius 1 is 0.905 bits per heavy atom. The third kappa shape index (κ3) is 3.19. The van der Waals surface area contributed by atoms with E-state index in [2.05, 4.69) is 28.1 Å². The second-order valence-electron chi connectivity index (χ2n) is 4.78. The Bertz CT molecular complexity index is 702. The molecule has 0 amide bonds. The van der Waals surface area contributed by atoms with Crippen LogP contribution in [0.5, 0.6) is 11.5 Å². The standard InChI is InChI=1S/C18H15BrO2/c1-13-17(11-12-20-13)18(19)14-7-9-16(10-8-14)21-15-5-3-2-4-6-15/h2-12,18H,1H3. The molecule has 0 aliphatic carbocycles. The van der Waals surface area contributed by atoms with Gasteiger partial charge in [0.15, 0.2) is 0 Å². The number of furan rings is 1. The summed E-state index contributed by atoms with van der Waals surface area (Å²) in [6.45, 7) is 1.97. The summed E-state index contributed by atoms with van der Waals surface area (Å²) in [4.78, 5) is 0.127. The first-order chi connectivity index (χ1) is 10.2. The molecule has 3 aromatic rings. The number of halogens is 1. The molecule has 0 bridgehead atoms. The van der Waals surface area contributed by atoms with Crippen LogP contribution in [0, 0.1) is 6.92 Å². The first-order valence-electron chi connectivity index (χ1n) is 6.75. The van der Waals surface area contributed by atoms with Crippen molar-refractivity contribution in [2.75, 3.05) is 0 Å². The average molecular weight is 343 g/mol. The number of aryl methyl sites for hydroxylation is 1. The lowest BCUT2D eigenvalue weighted by Crippen LogP contribution is -1.93. The fraction of sp³-hybridized carbons (Fsp3) is 0.111. The third-order valence-electron chi connectivity index (χ3n) is 3.32. The van der Waals surface area contributed by atoms with Gasteiger partial charge in [0, 0.05) is 5.56 Å². The van der Waals surface area contributed by atoms with E-state index >= 15 is 0 Å². The SMILES string of the molecule is Cc1occc1C(Br)c1ccc(Oc2ccccc2)cc1. The summed E-state index contributed by atoms with van der Waals surface area (Å²) >= 11 is 3.71. The zero-order chi connectivity index (χ0) is 14.7. The molecule has 0 radical (unpaired) electrons. The molecule has 0 aliphatic rings. The van der Waals surface area contributed by atoms with Crippen LogP contribution in [-0.4, -0.2) is 0 Å². The second-order valence-corrected chi connectivity index (χ2v) is 5.69. The van der Waals surface area contributed by atoms with Gasteiger partial charge in [-0.15, -0.1) is 0 Å². The smallest absolute Gasteiger partial charge is 0.127 e. The lowest BCUT2D eigenvalue weighted by Gasteiger charge is -2.11. The van der Waals surface area contributed by atoms with Crippen molar-refractivity contribution in [1.29, 1.82) is 0 Å². The number of benzene rings is 2. The van der Waals surface area contributed by atoms with Crippen LogP contribution in [0.1, 0.15) is 21.7 Å². The van der Waals surface area contributed by atoms with Crippen molar-refractivity contribution < 1.29 is 9.15 Å². The molecule has 0 spiro atoms. The Labute approximate surface area is 132 Å². The second kappa shape index (κ2) is 6.19. The monoisotopic (exact) mass is 342 g/mol. The maximum atomic E-state index is 5.79. The summed E-state index contributed by atoms with van der Waals surface area (Å²) in [5, 5.41) is 0. The van der Waals surface area contributed by atoms with E-state index in [4.69, 9.17) is 9.15 Å². The molecular formula is C18H15BrO2. The van der Waals surface area contributed by atoms with E-state index in [0.717, 1.165) is 22.8 Å². The Hall–Kier alpha value is -2.00. The van der Waals surface area contributed by atoms with E-state index < -0.39 is 0 Å². The van der Waals surface area contributed by atoms with Gasteiger partial charge in [-0.1, -0.05) is 46.3 Å². The maximum Gasteiger partial charge on any atom is 0.127 e. The highest BCUT2D eigenvalue weighted by molar-refractivity contribution is 9.09. The lowest BCUT2D eigenvalue weighted by atomic mass is 10.1. The van der Waals surface area contributed by atoms with Crippen molar-refractivity contribution in [3.05, 3.63) is 83.8 Å². The minimum atomic E-state index is 0.127. The quantitative estimate of drug-likeness (QED) is 0.553. The molecule has 106 valence electrons. The molecule has 21 heavy (non-hydrogen) atoms. The Balaban J connectivity index is 1.77. The van der Waals surface area contributed by atoms with Crippen LogP contribution in [0.25, 0.3) is 0 Å². The molecular weight excluding hydrogens is 328 g/mol. The lowest BCUT2D eigenvalue weighted by molar-refractivity contribution is 0.482. The number of alkyl halides is 1. The van der Waals surface area contributed by atoms with E-state index in [1.54, 1.807) is 6.26 Å². The van der Waals surface area contributed by atoms with Gasteiger partial charge in [-0.2, -0.15) is 0 Å². The Morgan fingerprint density at radius 3 is 2.19 bits per heavy atom. The summed E-state index contributed by atoms with van der Waals surface area (Å²) in [5.74, 6) is 2.60. The normalized spacial score (nSPS) is 12.1. The van der Waals surface area contributed by atoms with Gasteiger partial charge in [-0.25, -0.2) is 0 Å². The fourth-order valence-corrected chi connectivity index (χ4v) is 2.95. The average Bonchev–Trinajstić information content (AvgIpc) is 2.94. The van der Waals surface area contributed by atoms with Crippen molar-refractivity contribution >= 4 is 15.9 Å². The molecule has 0 fully saturated rings. The Morgan fingerprint density at radius 2 is 1.57 bits per heavy atom. The van der Waals surface area contributed by atoms with Gasteiger partial charge in [-0.05, 0) is 42.8 Å². The van der Waals surface area contributed by atoms with Gasteiger partial charge in [0.05, 0.1) is 11.1 Å². The van der Waals surface area contributed by atoms with Crippen LogP contribution in [-0.2, 0) is 0 Å². The minimum Gasteiger partial charge on any atom is -0.469 e. The number of ether oxygens (including phenoxy) is 1. The largest absolute Gasteiger partial charge is 0.469 e. The van der Waals surface area contributed by atoms with Crippen LogP contribution in [0.3, 0.4) is 0 Å². The Kier molecular flexibility index (Phi) is 4.11. The summed E-state index contributed by atoms with van der Waals surface area (Å²) in [6.07, 6.45) is 1.71. The fourth-order valence-electron chi connectivity index (χ4n) is 2.17. The summed E-state index contributed by atoms with van der Waals surface area (Å²) in [6, 6.07) is 19.8. The van der Waals surface area contributed by atoms with Crippen molar-refractivity contribution in [1.82, 2.24) is 0 Å². The first kappa shape index (κ1) is 14.0. The number of rotatable bonds is 4. The molecule has 2 nitrogen and oxygen atoms in total. The molecule has 0 N–H and O–H groups in total. The third-order valence-corrected chi connectivity index (χ3v) is 4.35. The molecule has 3 rings (SSSR count). The van der Waals surface area contributed by atoms with Crippen LogP contribution >= 0.6 is 15.9 Å². The van der Waals surface area contributed by atoms with Gasteiger partial charge in [0.2, 0.25) is 0 Å².